The SMILES string of the molecule is O=C(NCc1ccsc1)C(=O)Nc1ccccc1[N+](=O)[O-]. The van der Waals surface area contributed by atoms with Crippen LogP contribution in [0.2, 0.25) is 0 Å². The number of hydrogen-bond acceptors (Lipinski definition) is 5. The normalized spacial score (nSPS) is 9.90. The summed E-state index contributed by atoms with van der Waals surface area (Å²) in [5.41, 5.74) is 0.599. The molecule has 0 aliphatic rings. The number of carbonyl (C=O) groups excluding carboxylic acids is 2. The van der Waals surface area contributed by atoms with Gasteiger partial charge in [0.2, 0.25) is 0 Å². The van der Waals surface area contributed by atoms with Gasteiger partial charge in [-0.3, -0.25) is 19.7 Å². The Bertz CT molecular complexity index is 670. The van der Waals surface area contributed by atoms with Gasteiger partial charge in [-0.15, -0.1) is 0 Å². The van der Waals surface area contributed by atoms with Crippen LogP contribution in [0, 0.1) is 10.1 Å². The standard InChI is InChI=1S/C13H11N3O4S/c17-12(14-7-9-5-6-21-8-9)13(18)15-10-3-1-2-4-11(10)16(19)20/h1-6,8H,7H2,(H,14,17)(H,15,18). The van der Waals surface area contributed by atoms with Gasteiger partial charge in [-0.05, 0) is 28.5 Å². The molecule has 2 N–H and O–H groups in total. The molecule has 0 atom stereocenters. The molecule has 108 valence electrons. The van der Waals surface area contributed by atoms with Gasteiger partial charge < -0.3 is 10.6 Å². The van der Waals surface area contributed by atoms with E-state index in [1.54, 1.807) is 0 Å². The molecule has 1 aromatic heterocycles. The first-order valence-electron chi connectivity index (χ1n) is 5.91. The van der Waals surface area contributed by atoms with Crippen molar-refractivity contribution in [3.8, 4) is 0 Å². The lowest BCUT2D eigenvalue weighted by atomic mass is 10.2. The third-order valence-electron chi connectivity index (χ3n) is 2.59. The largest absolute Gasteiger partial charge is 0.344 e. The third kappa shape index (κ3) is 3.86. The van der Waals surface area contributed by atoms with E-state index in [1.165, 1.54) is 35.6 Å². The molecular formula is C13H11N3O4S. The zero-order valence-electron chi connectivity index (χ0n) is 10.7. The van der Waals surface area contributed by atoms with Gasteiger partial charge in [-0.2, -0.15) is 11.3 Å². The molecule has 0 aliphatic heterocycles. The number of nitrogens with one attached hydrogen (secondary N) is 2. The monoisotopic (exact) mass is 305 g/mol. The molecule has 0 unspecified atom stereocenters. The number of nitro groups is 1. The molecule has 2 rings (SSSR count). The summed E-state index contributed by atoms with van der Waals surface area (Å²) in [6, 6.07) is 7.45. The molecule has 0 aliphatic carbocycles. The van der Waals surface area contributed by atoms with E-state index in [0.717, 1.165) is 5.56 Å². The number of para-hydroxylation sites is 2. The van der Waals surface area contributed by atoms with Crippen LogP contribution in [0.25, 0.3) is 0 Å². The molecule has 1 aromatic carbocycles. The minimum Gasteiger partial charge on any atom is -0.344 e. The Kier molecular flexibility index (Phi) is 4.62. The summed E-state index contributed by atoms with van der Waals surface area (Å²) < 4.78 is 0. The Morgan fingerprint density at radius 3 is 2.62 bits per heavy atom. The van der Waals surface area contributed by atoms with E-state index < -0.39 is 16.7 Å². The molecule has 8 heteroatoms. The molecule has 0 radical (unpaired) electrons. The van der Waals surface area contributed by atoms with Gasteiger partial charge in [0.15, 0.2) is 0 Å². The lowest BCUT2D eigenvalue weighted by Gasteiger charge is -2.06. The number of nitrogens with zero attached hydrogens (tertiary/aromatic N) is 1. The number of anilines is 1. The molecule has 1 heterocycles. The number of nitro benzene ring substituents is 1. The summed E-state index contributed by atoms with van der Waals surface area (Å²) in [7, 11) is 0. The first kappa shape index (κ1) is 14.7. The number of amides is 2. The van der Waals surface area contributed by atoms with Crippen molar-refractivity contribution in [3.63, 3.8) is 0 Å². The van der Waals surface area contributed by atoms with Gasteiger partial charge in [0.05, 0.1) is 4.92 Å². The van der Waals surface area contributed by atoms with Crippen LogP contribution in [-0.4, -0.2) is 16.7 Å². The van der Waals surface area contributed by atoms with Crippen molar-refractivity contribution < 1.29 is 14.5 Å². The highest BCUT2D eigenvalue weighted by Crippen LogP contribution is 2.22. The quantitative estimate of drug-likeness (QED) is 0.512. The predicted octanol–water partition coefficient (Wildman–Crippen LogP) is 1.91. The highest BCUT2D eigenvalue weighted by Gasteiger charge is 2.19. The molecule has 0 fully saturated rings. The van der Waals surface area contributed by atoms with Crippen LogP contribution in [0.3, 0.4) is 0 Å². The fourth-order valence-electron chi connectivity index (χ4n) is 1.57. The Morgan fingerprint density at radius 2 is 1.95 bits per heavy atom. The van der Waals surface area contributed by atoms with Crippen molar-refractivity contribution in [1.29, 1.82) is 0 Å². The average molecular weight is 305 g/mol. The molecule has 2 aromatic rings. The first-order valence-corrected chi connectivity index (χ1v) is 6.86. The van der Waals surface area contributed by atoms with E-state index in [0.29, 0.717) is 0 Å². The van der Waals surface area contributed by atoms with Gasteiger partial charge in [-0.25, -0.2) is 0 Å². The smallest absolute Gasteiger partial charge is 0.313 e. The van der Waals surface area contributed by atoms with Crippen molar-refractivity contribution in [2.45, 2.75) is 6.54 Å². The summed E-state index contributed by atoms with van der Waals surface area (Å²) in [4.78, 5) is 33.5. The van der Waals surface area contributed by atoms with Crippen LogP contribution in [0.5, 0.6) is 0 Å². The summed E-state index contributed by atoms with van der Waals surface area (Å²) in [6.07, 6.45) is 0. The zero-order chi connectivity index (χ0) is 15.2. The summed E-state index contributed by atoms with van der Waals surface area (Å²) in [5, 5.41) is 19.2. The van der Waals surface area contributed by atoms with Crippen LogP contribution in [0.4, 0.5) is 11.4 Å². The molecule has 21 heavy (non-hydrogen) atoms. The van der Waals surface area contributed by atoms with Crippen molar-refractivity contribution in [1.82, 2.24) is 5.32 Å². The number of carbonyl (C=O) groups is 2. The second-order valence-corrected chi connectivity index (χ2v) is 4.82. The van der Waals surface area contributed by atoms with E-state index in [9.17, 15) is 19.7 Å². The molecular weight excluding hydrogens is 294 g/mol. The predicted molar refractivity (Wildman–Crippen MR) is 77.9 cm³/mol. The maximum atomic E-state index is 11.7. The van der Waals surface area contributed by atoms with Gasteiger partial charge in [0.25, 0.3) is 5.69 Å². The Morgan fingerprint density at radius 1 is 1.19 bits per heavy atom. The fraction of sp³-hybridized carbons (Fsp3) is 0.0769. The van der Waals surface area contributed by atoms with Gasteiger partial charge >= 0.3 is 11.8 Å². The second kappa shape index (κ2) is 6.62. The van der Waals surface area contributed by atoms with Crippen molar-refractivity contribution in [2.75, 3.05) is 5.32 Å². The Balaban J connectivity index is 1.98. The number of rotatable bonds is 4. The molecule has 0 bridgehead atoms. The minimum absolute atomic E-state index is 0.0156. The maximum absolute atomic E-state index is 11.7. The molecule has 7 nitrogen and oxygen atoms in total. The van der Waals surface area contributed by atoms with Crippen molar-refractivity contribution in [2.24, 2.45) is 0 Å². The van der Waals surface area contributed by atoms with E-state index in [4.69, 9.17) is 0 Å². The highest BCUT2D eigenvalue weighted by atomic mass is 32.1. The van der Waals surface area contributed by atoms with Crippen molar-refractivity contribution in [3.05, 3.63) is 56.8 Å². The molecule has 0 saturated heterocycles. The van der Waals surface area contributed by atoms with E-state index in [2.05, 4.69) is 10.6 Å². The molecule has 0 saturated carbocycles. The van der Waals surface area contributed by atoms with Crippen LogP contribution in [0.15, 0.2) is 41.1 Å². The second-order valence-electron chi connectivity index (χ2n) is 4.04. The number of benzene rings is 1. The molecule has 2 amide bonds. The maximum Gasteiger partial charge on any atom is 0.313 e. The van der Waals surface area contributed by atoms with Crippen molar-refractivity contribution >= 4 is 34.5 Å². The van der Waals surface area contributed by atoms with Crippen LogP contribution in [0.1, 0.15) is 5.56 Å². The summed E-state index contributed by atoms with van der Waals surface area (Å²) in [5.74, 6) is -1.79. The van der Waals surface area contributed by atoms with Gasteiger partial charge in [-0.1, -0.05) is 12.1 Å². The first-order chi connectivity index (χ1) is 10.1. The Hall–Kier alpha value is -2.74. The lowest BCUT2D eigenvalue weighted by molar-refractivity contribution is -0.383. The van der Waals surface area contributed by atoms with E-state index in [-0.39, 0.29) is 17.9 Å². The summed E-state index contributed by atoms with van der Waals surface area (Å²) in [6.45, 7) is 0.229. The number of hydrogen-bond donors (Lipinski definition) is 2. The number of thiophene rings is 1. The summed E-state index contributed by atoms with van der Waals surface area (Å²) >= 11 is 1.48. The average Bonchev–Trinajstić information content (AvgIpc) is 2.98. The highest BCUT2D eigenvalue weighted by molar-refractivity contribution is 7.07. The lowest BCUT2D eigenvalue weighted by Crippen LogP contribution is -2.35. The van der Waals surface area contributed by atoms with E-state index >= 15 is 0 Å². The van der Waals surface area contributed by atoms with Gasteiger partial charge in [0, 0.05) is 12.6 Å². The third-order valence-corrected chi connectivity index (χ3v) is 3.32. The van der Waals surface area contributed by atoms with Crippen LogP contribution in [-0.2, 0) is 16.1 Å². The van der Waals surface area contributed by atoms with Gasteiger partial charge in [0.1, 0.15) is 5.69 Å². The molecule has 0 spiro atoms. The Labute approximate surface area is 123 Å². The fourth-order valence-corrected chi connectivity index (χ4v) is 2.24. The topological polar surface area (TPSA) is 101 Å². The van der Waals surface area contributed by atoms with E-state index in [1.807, 2.05) is 16.8 Å². The van der Waals surface area contributed by atoms with Crippen LogP contribution >= 0.6 is 11.3 Å². The zero-order valence-corrected chi connectivity index (χ0v) is 11.6. The minimum atomic E-state index is -0.945. The van der Waals surface area contributed by atoms with Crippen LogP contribution < -0.4 is 10.6 Å².